The standard InChI is InChI=1S/C10H11NO.2C2H6/c1-7-3-2-4-8-5-10(12)11-6-9(7)8;2*1-2/h3,5-6H,2,4H2,1H3,(H,11,12);2*1-2H3. The van der Waals surface area contributed by atoms with E-state index in [1.54, 1.807) is 6.07 Å². The molecule has 0 fully saturated rings. The molecule has 0 bridgehead atoms. The number of pyridine rings is 1. The van der Waals surface area contributed by atoms with Crippen LogP contribution < -0.4 is 5.56 Å². The van der Waals surface area contributed by atoms with Crippen molar-refractivity contribution >= 4 is 5.57 Å². The van der Waals surface area contributed by atoms with Crippen LogP contribution in [0.15, 0.2) is 23.1 Å². The van der Waals surface area contributed by atoms with Gasteiger partial charge in [0.2, 0.25) is 5.56 Å². The summed E-state index contributed by atoms with van der Waals surface area (Å²) in [6.45, 7) is 10.1. The van der Waals surface area contributed by atoms with Gasteiger partial charge in [-0.3, -0.25) is 4.79 Å². The average molecular weight is 221 g/mol. The van der Waals surface area contributed by atoms with E-state index in [9.17, 15) is 4.79 Å². The highest BCUT2D eigenvalue weighted by molar-refractivity contribution is 5.67. The summed E-state index contributed by atoms with van der Waals surface area (Å²) in [5.74, 6) is 0. The largest absolute Gasteiger partial charge is 0.328 e. The van der Waals surface area contributed by atoms with Gasteiger partial charge in [-0.2, -0.15) is 0 Å². The van der Waals surface area contributed by atoms with Crippen molar-refractivity contribution in [1.82, 2.24) is 4.98 Å². The first-order valence-corrected chi connectivity index (χ1v) is 6.16. The summed E-state index contributed by atoms with van der Waals surface area (Å²) >= 11 is 0. The van der Waals surface area contributed by atoms with Gasteiger partial charge in [0, 0.05) is 12.3 Å². The fourth-order valence-electron chi connectivity index (χ4n) is 1.64. The number of aryl methyl sites for hydroxylation is 1. The number of H-pyrrole nitrogens is 1. The lowest BCUT2D eigenvalue weighted by atomic mass is 9.94. The molecule has 0 unspecified atom stereocenters. The Morgan fingerprint density at radius 1 is 1.19 bits per heavy atom. The second-order valence-electron chi connectivity index (χ2n) is 3.16. The van der Waals surface area contributed by atoms with Gasteiger partial charge in [0.1, 0.15) is 0 Å². The maximum Gasteiger partial charge on any atom is 0.248 e. The van der Waals surface area contributed by atoms with Gasteiger partial charge in [0.25, 0.3) is 0 Å². The van der Waals surface area contributed by atoms with Gasteiger partial charge in [0.15, 0.2) is 0 Å². The molecule has 16 heavy (non-hydrogen) atoms. The number of hydrogen-bond donors (Lipinski definition) is 1. The summed E-state index contributed by atoms with van der Waals surface area (Å²) in [7, 11) is 0. The molecule has 0 spiro atoms. The summed E-state index contributed by atoms with van der Waals surface area (Å²) in [5, 5.41) is 0. The Balaban J connectivity index is 0.000000509. The lowest BCUT2D eigenvalue weighted by Crippen LogP contribution is -2.09. The molecule has 0 amide bonds. The van der Waals surface area contributed by atoms with Crippen LogP contribution in [0.5, 0.6) is 0 Å². The van der Waals surface area contributed by atoms with Gasteiger partial charge in [-0.15, -0.1) is 0 Å². The third-order valence-corrected chi connectivity index (χ3v) is 2.30. The van der Waals surface area contributed by atoms with Gasteiger partial charge >= 0.3 is 0 Å². The molecule has 1 aromatic heterocycles. The van der Waals surface area contributed by atoms with Crippen LogP contribution >= 0.6 is 0 Å². The van der Waals surface area contributed by atoms with Crippen molar-refractivity contribution in [2.24, 2.45) is 0 Å². The number of hydrogen-bond acceptors (Lipinski definition) is 1. The van der Waals surface area contributed by atoms with Crippen LogP contribution in [0.4, 0.5) is 0 Å². The molecule has 0 aromatic carbocycles. The first-order valence-electron chi connectivity index (χ1n) is 6.16. The first kappa shape index (κ1) is 14.7. The molecule has 0 aliphatic heterocycles. The SMILES string of the molecule is CC.CC.CC1=CCCc2cc(=O)[nH]cc21. The molecule has 2 rings (SSSR count). The molecule has 1 aromatic rings. The Kier molecular flexibility index (Phi) is 7.27. The molecule has 0 saturated heterocycles. The third-order valence-electron chi connectivity index (χ3n) is 2.30. The van der Waals surface area contributed by atoms with E-state index in [-0.39, 0.29) is 5.56 Å². The van der Waals surface area contributed by atoms with E-state index in [0.717, 1.165) is 12.8 Å². The molecule has 1 N–H and O–H groups in total. The number of allylic oxidation sites excluding steroid dienone is 2. The second-order valence-corrected chi connectivity index (χ2v) is 3.16. The highest BCUT2D eigenvalue weighted by Gasteiger charge is 2.08. The van der Waals surface area contributed by atoms with E-state index in [2.05, 4.69) is 18.0 Å². The molecule has 0 radical (unpaired) electrons. The molecule has 1 aliphatic rings. The Labute approximate surface area is 98.4 Å². The van der Waals surface area contributed by atoms with E-state index < -0.39 is 0 Å². The minimum atomic E-state index is 0.00319. The fraction of sp³-hybridized carbons (Fsp3) is 0.500. The van der Waals surface area contributed by atoms with E-state index >= 15 is 0 Å². The monoisotopic (exact) mass is 221 g/mol. The summed E-state index contributed by atoms with van der Waals surface area (Å²) in [5.41, 5.74) is 3.65. The molecule has 90 valence electrons. The second kappa shape index (κ2) is 7.91. The van der Waals surface area contributed by atoms with Crippen molar-refractivity contribution < 1.29 is 0 Å². The Morgan fingerprint density at radius 3 is 2.44 bits per heavy atom. The van der Waals surface area contributed by atoms with Crippen molar-refractivity contribution in [3.8, 4) is 0 Å². The molecular weight excluding hydrogens is 198 g/mol. The van der Waals surface area contributed by atoms with Gasteiger partial charge in [-0.05, 0) is 36.5 Å². The van der Waals surface area contributed by atoms with E-state index in [1.807, 2.05) is 33.9 Å². The molecular formula is C14H23NO. The predicted molar refractivity (Wildman–Crippen MR) is 71.7 cm³/mol. The molecule has 0 saturated carbocycles. The number of aromatic nitrogens is 1. The fourth-order valence-corrected chi connectivity index (χ4v) is 1.64. The van der Waals surface area contributed by atoms with Crippen LogP contribution in [0.1, 0.15) is 52.2 Å². The van der Waals surface area contributed by atoms with Crippen LogP contribution in [0.25, 0.3) is 5.57 Å². The maximum atomic E-state index is 11.0. The van der Waals surface area contributed by atoms with Crippen LogP contribution in [0.2, 0.25) is 0 Å². The van der Waals surface area contributed by atoms with Gasteiger partial charge < -0.3 is 4.98 Å². The lowest BCUT2D eigenvalue weighted by molar-refractivity contribution is 0.959. The van der Waals surface area contributed by atoms with Gasteiger partial charge in [-0.1, -0.05) is 33.8 Å². The third kappa shape index (κ3) is 3.69. The highest BCUT2D eigenvalue weighted by atomic mass is 16.1. The quantitative estimate of drug-likeness (QED) is 0.710. The molecule has 0 atom stereocenters. The zero-order chi connectivity index (χ0) is 12.6. The molecule has 2 nitrogen and oxygen atoms in total. The van der Waals surface area contributed by atoms with Crippen LogP contribution in [-0.2, 0) is 6.42 Å². The number of fused-ring (bicyclic) bond motifs is 1. The summed E-state index contributed by atoms with van der Waals surface area (Å²) in [4.78, 5) is 13.7. The zero-order valence-corrected chi connectivity index (χ0v) is 11.1. The summed E-state index contributed by atoms with van der Waals surface area (Å²) in [6, 6.07) is 1.70. The van der Waals surface area contributed by atoms with Crippen molar-refractivity contribution in [1.29, 1.82) is 0 Å². The Bertz CT molecular complexity index is 388. The van der Waals surface area contributed by atoms with Crippen LogP contribution in [0.3, 0.4) is 0 Å². The summed E-state index contributed by atoms with van der Waals surface area (Å²) in [6.07, 6.45) is 6.07. The van der Waals surface area contributed by atoms with E-state index in [4.69, 9.17) is 0 Å². The first-order chi connectivity index (χ1) is 7.77. The van der Waals surface area contributed by atoms with Crippen LogP contribution in [0, 0.1) is 0 Å². The van der Waals surface area contributed by atoms with Crippen molar-refractivity contribution in [3.05, 3.63) is 39.8 Å². The normalized spacial score (nSPS) is 12.2. The van der Waals surface area contributed by atoms with Crippen molar-refractivity contribution in [3.63, 3.8) is 0 Å². The predicted octanol–water partition coefficient (Wildman–Crippen LogP) is 3.78. The van der Waals surface area contributed by atoms with Gasteiger partial charge in [0.05, 0.1) is 0 Å². The molecule has 1 aliphatic carbocycles. The van der Waals surface area contributed by atoms with Crippen molar-refractivity contribution in [2.75, 3.05) is 0 Å². The molecule has 1 heterocycles. The Hall–Kier alpha value is -1.31. The zero-order valence-electron chi connectivity index (χ0n) is 11.1. The number of nitrogens with one attached hydrogen (secondary N) is 1. The minimum absolute atomic E-state index is 0.00319. The van der Waals surface area contributed by atoms with Crippen LogP contribution in [-0.4, -0.2) is 4.98 Å². The minimum Gasteiger partial charge on any atom is -0.328 e. The number of aromatic amines is 1. The highest BCUT2D eigenvalue weighted by Crippen LogP contribution is 2.23. The lowest BCUT2D eigenvalue weighted by Gasteiger charge is -2.13. The van der Waals surface area contributed by atoms with Gasteiger partial charge in [-0.25, -0.2) is 0 Å². The average Bonchev–Trinajstić information content (AvgIpc) is 2.34. The van der Waals surface area contributed by atoms with Crippen molar-refractivity contribution in [2.45, 2.75) is 47.5 Å². The summed E-state index contributed by atoms with van der Waals surface area (Å²) < 4.78 is 0. The topological polar surface area (TPSA) is 32.9 Å². The van der Waals surface area contributed by atoms with E-state index in [0.29, 0.717) is 0 Å². The van der Waals surface area contributed by atoms with E-state index in [1.165, 1.54) is 16.7 Å². The number of rotatable bonds is 0. The Morgan fingerprint density at radius 2 is 1.81 bits per heavy atom. The smallest absolute Gasteiger partial charge is 0.248 e. The molecule has 2 heteroatoms. The maximum absolute atomic E-state index is 11.0.